The molecule has 17 heavy (non-hydrogen) atoms. The van der Waals surface area contributed by atoms with Gasteiger partial charge in [-0.1, -0.05) is 0 Å². The first-order chi connectivity index (χ1) is 8.06. The van der Waals surface area contributed by atoms with Crippen molar-refractivity contribution in [3.05, 3.63) is 35.0 Å². The van der Waals surface area contributed by atoms with Gasteiger partial charge in [0.25, 0.3) is 0 Å². The molecule has 0 fully saturated rings. The minimum absolute atomic E-state index is 0.0871. The normalized spacial score (nSPS) is 10.9. The van der Waals surface area contributed by atoms with Gasteiger partial charge in [0.2, 0.25) is 0 Å². The van der Waals surface area contributed by atoms with Crippen LogP contribution < -0.4 is 5.32 Å². The molecule has 2 aromatic rings. The van der Waals surface area contributed by atoms with Crippen LogP contribution >= 0.6 is 0 Å². The topological polar surface area (TPSA) is 24.9 Å². The summed E-state index contributed by atoms with van der Waals surface area (Å²) >= 11 is 0. The van der Waals surface area contributed by atoms with Crippen molar-refractivity contribution < 1.29 is 8.78 Å². The highest BCUT2D eigenvalue weighted by atomic mass is 19.1. The Bertz CT molecular complexity index is 579. The molecular weight excluding hydrogens is 222 g/mol. The smallest absolute Gasteiger partial charge is 0.149 e. The Balaban J connectivity index is 2.92. The van der Waals surface area contributed by atoms with Crippen molar-refractivity contribution in [2.24, 2.45) is 0 Å². The van der Waals surface area contributed by atoms with Gasteiger partial charge in [-0.25, -0.2) is 13.8 Å². The number of pyridine rings is 1. The summed E-state index contributed by atoms with van der Waals surface area (Å²) in [4.78, 5) is 4.12. The molecule has 0 aliphatic carbocycles. The first kappa shape index (κ1) is 11.8. The second-order valence-corrected chi connectivity index (χ2v) is 3.98. The predicted molar refractivity (Wildman–Crippen MR) is 65.3 cm³/mol. The van der Waals surface area contributed by atoms with Crippen LogP contribution in [-0.4, -0.2) is 11.5 Å². The lowest BCUT2D eigenvalue weighted by atomic mass is 10.1. The monoisotopic (exact) mass is 236 g/mol. The van der Waals surface area contributed by atoms with Crippen LogP contribution in [0.4, 0.5) is 14.5 Å². The molecule has 0 aliphatic rings. The maximum atomic E-state index is 13.8. The lowest BCUT2D eigenvalue weighted by Crippen LogP contribution is -2.05. The Morgan fingerprint density at radius 2 is 1.82 bits per heavy atom. The van der Waals surface area contributed by atoms with Gasteiger partial charge in [0.15, 0.2) is 0 Å². The summed E-state index contributed by atoms with van der Waals surface area (Å²) in [6.45, 7) is 6.21. The van der Waals surface area contributed by atoms with Crippen LogP contribution in [0.3, 0.4) is 0 Å². The van der Waals surface area contributed by atoms with Crippen molar-refractivity contribution in [2.45, 2.75) is 20.8 Å². The fraction of sp³-hybridized carbons (Fsp3) is 0.308. The second kappa shape index (κ2) is 4.28. The lowest BCUT2D eigenvalue weighted by Gasteiger charge is -2.14. The van der Waals surface area contributed by atoms with Crippen LogP contribution in [0, 0.1) is 25.5 Å². The van der Waals surface area contributed by atoms with Gasteiger partial charge >= 0.3 is 0 Å². The van der Waals surface area contributed by atoms with Gasteiger partial charge in [0.1, 0.15) is 17.2 Å². The Morgan fingerprint density at radius 3 is 2.47 bits per heavy atom. The number of fused-ring (bicyclic) bond motifs is 1. The number of nitrogens with one attached hydrogen (secondary N) is 1. The molecule has 0 bridgehead atoms. The van der Waals surface area contributed by atoms with Crippen molar-refractivity contribution in [3.63, 3.8) is 0 Å². The SMILES string of the molecule is CCNc1c(C)c(C)nc2c(F)ccc(F)c12. The fourth-order valence-electron chi connectivity index (χ4n) is 1.91. The number of aryl methyl sites for hydroxylation is 1. The molecule has 1 N–H and O–H groups in total. The average Bonchev–Trinajstić information content (AvgIpc) is 2.30. The number of hydrogen-bond donors (Lipinski definition) is 1. The molecule has 0 saturated carbocycles. The van der Waals surface area contributed by atoms with E-state index in [4.69, 9.17) is 0 Å². The summed E-state index contributed by atoms with van der Waals surface area (Å²) in [7, 11) is 0. The van der Waals surface area contributed by atoms with Crippen LogP contribution in [0.15, 0.2) is 12.1 Å². The molecule has 2 rings (SSSR count). The van der Waals surface area contributed by atoms with Gasteiger partial charge in [-0.05, 0) is 38.5 Å². The lowest BCUT2D eigenvalue weighted by molar-refractivity contribution is 0.615. The number of benzene rings is 1. The van der Waals surface area contributed by atoms with Gasteiger partial charge < -0.3 is 5.32 Å². The zero-order chi connectivity index (χ0) is 12.6. The number of nitrogens with zero attached hydrogens (tertiary/aromatic N) is 1. The van der Waals surface area contributed by atoms with E-state index in [2.05, 4.69) is 10.3 Å². The number of rotatable bonds is 2. The molecule has 0 spiro atoms. The van der Waals surface area contributed by atoms with Crippen LogP contribution in [0.2, 0.25) is 0 Å². The zero-order valence-corrected chi connectivity index (χ0v) is 10.1. The molecule has 1 aromatic heterocycles. The Hall–Kier alpha value is -1.71. The number of hydrogen-bond acceptors (Lipinski definition) is 2. The molecular formula is C13H14F2N2. The highest BCUT2D eigenvalue weighted by Crippen LogP contribution is 2.31. The van der Waals surface area contributed by atoms with E-state index < -0.39 is 11.6 Å². The summed E-state index contributed by atoms with van der Waals surface area (Å²) < 4.78 is 27.5. The molecule has 4 heteroatoms. The number of aromatic nitrogens is 1. The Morgan fingerprint density at radius 1 is 1.18 bits per heavy atom. The molecule has 2 nitrogen and oxygen atoms in total. The predicted octanol–water partition coefficient (Wildman–Crippen LogP) is 3.56. The maximum Gasteiger partial charge on any atom is 0.149 e. The standard InChI is InChI=1S/C13H14F2N2/c1-4-16-12-7(2)8(3)17-13-10(15)6-5-9(14)11(12)13/h5-6H,4H2,1-3H3,(H,16,17). The summed E-state index contributed by atoms with van der Waals surface area (Å²) in [5.74, 6) is -0.948. The Kier molecular flexibility index (Phi) is 2.96. The third kappa shape index (κ3) is 1.84. The molecule has 0 saturated heterocycles. The zero-order valence-electron chi connectivity index (χ0n) is 10.1. The van der Waals surface area contributed by atoms with Gasteiger partial charge in [-0.2, -0.15) is 0 Å². The highest BCUT2D eigenvalue weighted by Gasteiger charge is 2.15. The van der Waals surface area contributed by atoms with E-state index in [1.54, 1.807) is 6.92 Å². The summed E-state index contributed by atoms with van der Waals surface area (Å²) in [6, 6.07) is 2.24. The summed E-state index contributed by atoms with van der Waals surface area (Å²) in [5, 5.41) is 3.31. The second-order valence-electron chi connectivity index (χ2n) is 3.98. The molecule has 0 radical (unpaired) electrons. The van der Waals surface area contributed by atoms with Crippen molar-refractivity contribution in [2.75, 3.05) is 11.9 Å². The first-order valence-corrected chi connectivity index (χ1v) is 5.55. The van der Waals surface area contributed by atoms with Crippen molar-refractivity contribution in [3.8, 4) is 0 Å². The van der Waals surface area contributed by atoms with Gasteiger partial charge in [0.05, 0.1) is 11.1 Å². The highest BCUT2D eigenvalue weighted by molar-refractivity contribution is 5.94. The van der Waals surface area contributed by atoms with Gasteiger partial charge in [-0.15, -0.1) is 0 Å². The molecule has 0 aliphatic heterocycles. The van der Waals surface area contributed by atoms with Crippen LogP contribution in [-0.2, 0) is 0 Å². The molecule has 0 atom stereocenters. The van der Waals surface area contributed by atoms with E-state index in [9.17, 15) is 8.78 Å². The largest absolute Gasteiger partial charge is 0.384 e. The van der Waals surface area contributed by atoms with E-state index >= 15 is 0 Å². The van der Waals surface area contributed by atoms with E-state index in [1.165, 1.54) is 0 Å². The van der Waals surface area contributed by atoms with Crippen molar-refractivity contribution >= 4 is 16.6 Å². The average molecular weight is 236 g/mol. The quantitative estimate of drug-likeness (QED) is 0.862. The molecule has 0 unspecified atom stereocenters. The molecule has 0 amide bonds. The van der Waals surface area contributed by atoms with E-state index in [0.29, 0.717) is 17.9 Å². The minimum Gasteiger partial charge on any atom is -0.384 e. The Labute approximate surface area is 98.7 Å². The summed E-state index contributed by atoms with van der Waals surface area (Å²) in [5.41, 5.74) is 2.28. The van der Waals surface area contributed by atoms with Crippen LogP contribution in [0.25, 0.3) is 10.9 Å². The number of halogens is 2. The first-order valence-electron chi connectivity index (χ1n) is 5.55. The van der Waals surface area contributed by atoms with E-state index in [1.807, 2.05) is 13.8 Å². The van der Waals surface area contributed by atoms with Gasteiger partial charge in [-0.3, -0.25) is 0 Å². The third-order valence-corrected chi connectivity index (χ3v) is 2.88. The van der Waals surface area contributed by atoms with Crippen molar-refractivity contribution in [1.82, 2.24) is 4.98 Å². The number of anilines is 1. The molecule has 1 heterocycles. The van der Waals surface area contributed by atoms with Gasteiger partial charge in [0, 0.05) is 12.2 Å². The van der Waals surface area contributed by atoms with Crippen LogP contribution in [0.1, 0.15) is 18.2 Å². The molecule has 1 aromatic carbocycles. The molecule has 90 valence electrons. The minimum atomic E-state index is -0.497. The summed E-state index contributed by atoms with van der Waals surface area (Å²) in [6.07, 6.45) is 0. The van der Waals surface area contributed by atoms with E-state index in [0.717, 1.165) is 17.7 Å². The fourth-order valence-corrected chi connectivity index (χ4v) is 1.91. The maximum absolute atomic E-state index is 13.8. The van der Waals surface area contributed by atoms with Crippen molar-refractivity contribution in [1.29, 1.82) is 0 Å². The van der Waals surface area contributed by atoms with Crippen LogP contribution in [0.5, 0.6) is 0 Å². The third-order valence-electron chi connectivity index (χ3n) is 2.88. The van der Waals surface area contributed by atoms with E-state index in [-0.39, 0.29) is 10.9 Å².